The zero-order valence-electron chi connectivity index (χ0n) is 24.4. The number of piperidine rings is 1. The second kappa shape index (κ2) is 10.8. The second-order valence-corrected chi connectivity index (χ2v) is 14.1. The van der Waals surface area contributed by atoms with Gasteiger partial charge in [-0.25, -0.2) is 0 Å². The number of fused-ring (bicyclic) bond motifs is 2. The molecule has 1 aromatic heterocycles. The van der Waals surface area contributed by atoms with Crippen LogP contribution >= 0.6 is 22.6 Å². The van der Waals surface area contributed by atoms with Crippen LogP contribution in [-0.4, -0.2) is 83.3 Å². The molecule has 1 amide bonds. The summed E-state index contributed by atoms with van der Waals surface area (Å²) in [6.07, 6.45) is 6.57. The number of benzene rings is 2. The van der Waals surface area contributed by atoms with Crippen LogP contribution in [0.4, 0.5) is 5.82 Å². The number of hydrogen-bond donors (Lipinski definition) is 1. The Morgan fingerprint density at radius 2 is 1.98 bits per heavy atom. The molecule has 4 aliphatic rings. The number of phenols is 1. The number of carbonyl (C=O) groups is 1. The summed E-state index contributed by atoms with van der Waals surface area (Å²) in [6.45, 7) is 4.86. The van der Waals surface area contributed by atoms with E-state index in [0.29, 0.717) is 31.3 Å². The molecule has 2 aromatic carbocycles. The van der Waals surface area contributed by atoms with E-state index in [0.717, 1.165) is 96.2 Å². The number of aromatic nitrogens is 2. The van der Waals surface area contributed by atoms with Crippen molar-refractivity contribution >= 4 is 45.1 Å². The molecule has 3 fully saturated rings. The first-order valence-electron chi connectivity index (χ1n) is 15.0. The molecule has 222 valence electrons. The number of amides is 1. The first-order chi connectivity index (χ1) is 20.2. The number of anilines is 1. The van der Waals surface area contributed by atoms with Gasteiger partial charge in [0, 0.05) is 46.2 Å². The third-order valence-corrected chi connectivity index (χ3v) is 10.2. The van der Waals surface area contributed by atoms with Gasteiger partial charge in [-0.05, 0) is 98.8 Å². The number of carbonyl (C=O) groups excluding carboxylic acids is 1. The summed E-state index contributed by atoms with van der Waals surface area (Å²) >= 11 is 2.26. The van der Waals surface area contributed by atoms with E-state index in [1.807, 2.05) is 23.1 Å². The minimum Gasteiger partial charge on any atom is -0.508 e. The van der Waals surface area contributed by atoms with E-state index in [4.69, 9.17) is 19.4 Å². The maximum atomic E-state index is 14.1. The summed E-state index contributed by atoms with van der Waals surface area (Å²) < 4.78 is 13.6. The highest BCUT2D eigenvalue weighted by molar-refractivity contribution is 14.1. The van der Waals surface area contributed by atoms with Crippen molar-refractivity contribution in [2.45, 2.75) is 57.2 Å². The summed E-state index contributed by atoms with van der Waals surface area (Å²) in [6, 6.07) is 9.55. The van der Waals surface area contributed by atoms with Gasteiger partial charge >= 0.3 is 6.01 Å². The normalized spacial score (nSPS) is 22.8. The van der Waals surface area contributed by atoms with Gasteiger partial charge < -0.3 is 29.3 Å². The predicted molar refractivity (Wildman–Crippen MR) is 169 cm³/mol. The van der Waals surface area contributed by atoms with Crippen molar-refractivity contribution in [2.75, 3.05) is 51.8 Å². The molecule has 9 nitrogen and oxygen atoms in total. The molecule has 1 saturated carbocycles. The second-order valence-electron chi connectivity index (χ2n) is 12.9. The lowest BCUT2D eigenvalue weighted by Gasteiger charge is -2.40. The summed E-state index contributed by atoms with van der Waals surface area (Å²) in [4.78, 5) is 30.4. The van der Waals surface area contributed by atoms with Crippen LogP contribution in [0.25, 0.3) is 10.8 Å². The van der Waals surface area contributed by atoms with E-state index >= 15 is 0 Å². The molecule has 1 unspecified atom stereocenters. The van der Waals surface area contributed by atoms with Gasteiger partial charge in [0.2, 0.25) is 0 Å². The lowest BCUT2D eigenvalue weighted by atomic mass is 9.90. The van der Waals surface area contributed by atoms with E-state index in [1.54, 1.807) is 12.1 Å². The van der Waals surface area contributed by atoms with Gasteiger partial charge in [-0.15, -0.1) is 0 Å². The summed E-state index contributed by atoms with van der Waals surface area (Å²) in [5.41, 5.74) is 2.37. The van der Waals surface area contributed by atoms with Crippen molar-refractivity contribution in [1.29, 1.82) is 0 Å². The molecule has 2 saturated heterocycles. The molecule has 42 heavy (non-hydrogen) atoms. The first-order valence-corrected chi connectivity index (χ1v) is 16.1. The third kappa shape index (κ3) is 5.30. The average Bonchev–Trinajstić information content (AvgIpc) is 3.34. The molecule has 3 aliphatic heterocycles. The van der Waals surface area contributed by atoms with Crippen LogP contribution in [-0.2, 0) is 17.8 Å². The van der Waals surface area contributed by atoms with Crippen LogP contribution in [0, 0.1) is 8.99 Å². The SMILES string of the molecule is CN(C)CC1(COc2nc3c(c(N4CCCC5(CCCO5)C4)n2)CN(C(=O)c2cc(O)cc4cccc(I)c24)C3)CC1. The Labute approximate surface area is 260 Å². The van der Waals surface area contributed by atoms with E-state index in [-0.39, 0.29) is 22.7 Å². The summed E-state index contributed by atoms with van der Waals surface area (Å²) in [5.74, 6) is 0.832. The van der Waals surface area contributed by atoms with Crippen molar-refractivity contribution in [3.8, 4) is 11.8 Å². The number of nitrogens with zero attached hydrogens (tertiary/aromatic N) is 5. The van der Waals surface area contributed by atoms with Crippen LogP contribution in [0.5, 0.6) is 11.8 Å². The van der Waals surface area contributed by atoms with Crippen molar-refractivity contribution in [3.05, 3.63) is 50.7 Å². The van der Waals surface area contributed by atoms with E-state index in [9.17, 15) is 9.90 Å². The molecule has 1 spiro atoms. The van der Waals surface area contributed by atoms with E-state index < -0.39 is 0 Å². The number of halogens is 1. The predicted octanol–water partition coefficient (Wildman–Crippen LogP) is 4.97. The van der Waals surface area contributed by atoms with Gasteiger partial charge in [-0.1, -0.05) is 12.1 Å². The lowest BCUT2D eigenvalue weighted by Crippen LogP contribution is -2.48. The Kier molecular flexibility index (Phi) is 7.21. The van der Waals surface area contributed by atoms with Crippen LogP contribution in [0.2, 0.25) is 0 Å². The number of phenolic OH excluding ortho intramolecular Hbond substituents is 1. The number of rotatable bonds is 7. The first kappa shape index (κ1) is 28.1. The molecule has 0 bridgehead atoms. The molecule has 0 radical (unpaired) electrons. The smallest absolute Gasteiger partial charge is 0.318 e. The quantitative estimate of drug-likeness (QED) is 0.350. The zero-order valence-corrected chi connectivity index (χ0v) is 26.5. The summed E-state index contributed by atoms with van der Waals surface area (Å²) in [7, 11) is 4.20. The van der Waals surface area contributed by atoms with Crippen molar-refractivity contribution in [3.63, 3.8) is 0 Å². The minimum absolute atomic E-state index is 0.0858. The fourth-order valence-corrected chi connectivity index (χ4v) is 7.97. The molecule has 1 atom stereocenters. The third-order valence-electron chi connectivity index (χ3n) is 9.31. The Morgan fingerprint density at radius 1 is 1.14 bits per heavy atom. The largest absolute Gasteiger partial charge is 0.508 e. The fraction of sp³-hybridized carbons (Fsp3) is 0.531. The molecule has 1 aliphatic carbocycles. The van der Waals surface area contributed by atoms with Gasteiger partial charge in [-0.2, -0.15) is 9.97 Å². The zero-order chi connectivity index (χ0) is 29.1. The number of ether oxygens (including phenoxy) is 2. The topological polar surface area (TPSA) is 91.3 Å². The highest BCUT2D eigenvalue weighted by Crippen LogP contribution is 2.46. The monoisotopic (exact) mass is 683 g/mol. The van der Waals surface area contributed by atoms with E-state index in [2.05, 4.69) is 46.5 Å². The molecule has 3 aromatic rings. The van der Waals surface area contributed by atoms with Gasteiger partial charge in [0.25, 0.3) is 5.91 Å². The number of hydrogen-bond acceptors (Lipinski definition) is 8. The fourth-order valence-electron chi connectivity index (χ4n) is 7.16. The molecular formula is C32H38IN5O4. The number of aromatic hydroxyl groups is 1. The Morgan fingerprint density at radius 3 is 2.74 bits per heavy atom. The standard InChI is InChI=1S/C32H38IN5O4/c1-36(2)18-31(10-11-31)20-41-30-34-26-17-38(29(40)23-15-22(39)14-21-6-3-7-25(33)27(21)23)16-24(26)28(35-30)37-12-4-8-32(19-37)9-5-13-42-32/h3,6-7,14-15,39H,4-5,8-13,16-20H2,1-2H3. The lowest BCUT2D eigenvalue weighted by molar-refractivity contribution is -0.00644. The maximum absolute atomic E-state index is 14.1. The molecule has 4 heterocycles. The Hall–Kier alpha value is -2.70. The molecular weight excluding hydrogens is 645 g/mol. The van der Waals surface area contributed by atoms with Crippen molar-refractivity contribution in [2.24, 2.45) is 5.41 Å². The molecule has 1 N–H and O–H groups in total. The average molecular weight is 684 g/mol. The van der Waals surface area contributed by atoms with Crippen LogP contribution in [0.3, 0.4) is 0 Å². The Bertz CT molecular complexity index is 1540. The van der Waals surface area contributed by atoms with Gasteiger partial charge in [0.1, 0.15) is 11.6 Å². The van der Waals surface area contributed by atoms with Crippen molar-refractivity contribution < 1.29 is 19.4 Å². The molecule has 10 heteroatoms. The van der Waals surface area contributed by atoms with Crippen molar-refractivity contribution in [1.82, 2.24) is 19.8 Å². The van der Waals surface area contributed by atoms with E-state index in [1.165, 1.54) is 0 Å². The summed E-state index contributed by atoms with van der Waals surface area (Å²) in [5, 5.41) is 12.2. The Balaban J connectivity index is 1.21. The van der Waals surface area contributed by atoms with Crippen LogP contribution in [0.15, 0.2) is 30.3 Å². The maximum Gasteiger partial charge on any atom is 0.318 e. The van der Waals surface area contributed by atoms with Crippen LogP contribution < -0.4 is 9.64 Å². The molecule has 7 rings (SSSR count). The highest BCUT2D eigenvalue weighted by Gasteiger charge is 2.45. The van der Waals surface area contributed by atoms with Gasteiger partial charge in [-0.3, -0.25) is 4.79 Å². The highest BCUT2D eigenvalue weighted by atomic mass is 127. The van der Waals surface area contributed by atoms with Crippen LogP contribution in [0.1, 0.15) is 60.1 Å². The van der Waals surface area contributed by atoms with Gasteiger partial charge in [0.15, 0.2) is 0 Å². The minimum atomic E-state index is -0.122. The van der Waals surface area contributed by atoms with Gasteiger partial charge in [0.05, 0.1) is 36.6 Å².